The first-order chi connectivity index (χ1) is 12.3. The van der Waals surface area contributed by atoms with Crippen LogP contribution in [-0.4, -0.2) is 64.3 Å². The molecule has 2 heterocycles. The molecule has 0 aliphatic carbocycles. The van der Waals surface area contributed by atoms with Crippen molar-refractivity contribution in [2.45, 2.75) is 11.3 Å². The lowest BCUT2D eigenvalue weighted by atomic mass is 9.76. The lowest BCUT2D eigenvalue weighted by Crippen LogP contribution is -2.46. The Hall–Kier alpha value is -1.55. The number of sulfonamides is 1. The van der Waals surface area contributed by atoms with Crippen molar-refractivity contribution < 1.29 is 32.5 Å². The van der Waals surface area contributed by atoms with E-state index in [0.717, 1.165) is 0 Å². The van der Waals surface area contributed by atoms with Gasteiger partial charge in [0.2, 0.25) is 10.0 Å². The Kier molecular flexibility index (Phi) is 5.08. The molecule has 2 aliphatic rings. The van der Waals surface area contributed by atoms with Gasteiger partial charge in [0.1, 0.15) is 21.8 Å². The zero-order valence-corrected chi connectivity index (χ0v) is 16.0. The minimum atomic E-state index is -4.01. The Morgan fingerprint density at radius 3 is 2.62 bits per heavy atom. The van der Waals surface area contributed by atoms with Crippen molar-refractivity contribution in [3.05, 3.63) is 17.2 Å². The van der Waals surface area contributed by atoms with Crippen molar-refractivity contribution in [3.63, 3.8) is 0 Å². The number of carboxylic acid groups (broad SMARTS) is 1. The number of ether oxygens (including phenoxy) is 3. The van der Waals surface area contributed by atoms with E-state index in [2.05, 4.69) is 0 Å². The van der Waals surface area contributed by atoms with Gasteiger partial charge in [0, 0.05) is 31.8 Å². The molecule has 1 aromatic rings. The predicted octanol–water partition coefficient (Wildman–Crippen LogP) is 1.47. The number of hydrogen-bond donors (Lipinski definition) is 1. The first-order valence-electron chi connectivity index (χ1n) is 7.99. The smallest absolute Gasteiger partial charge is 0.313 e. The minimum absolute atomic E-state index is 0.0000931. The van der Waals surface area contributed by atoms with Gasteiger partial charge in [-0.2, -0.15) is 4.31 Å². The van der Waals surface area contributed by atoms with Crippen LogP contribution in [0.1, 0.15) is 6.42 Å². The summed E-state index contributed by atoms with van der Waals surface area (Å²) in [5, 5.41) is 9.93. The lowest BCUT2D eigenvalue weighted by Gasteiger charge is -2.34. The standard InChI is InChI=1S/C16H20ClNO7S/c1-23-12-6-14(13(24-2)5-11(12)17)26(21,22)18-7-10-3-4-25-9-16(10,8-18)15(19)20/h5-6,10H,3-4,7-9H2,1-2H3,(H,19,20)/t10-,16+/m0/s1. The molecule has 2 saturated heterocycles. The van der Waals surface area contributed by atoms with Crippen molar-refractivity contribution in [1.82, 2.24) is 4.31 Å². The van der Waals surface area contributed by atoms with Gasteiger partial charge >= 0.3 is 5.97 Å². The molecule has 1 aromatic carbocycles. The van der Waals surface area contributed by atoms with Gasteiger partial charge in [0.25, 0.3) is 0 Å². The first-order valence-corrected chi connectivity index (χ1v) is 9.81. The molecular weight excluding hydrogens is 386 g/mol. The van der Waals surface area contributed by atoms with Gasteiger partial charge in [-0.25, -0.2) is 8.42 Å². The van der Waals surface area contributed by atoms with E-state index in [0.29, 0.717) is 13.0 Å². The highest BCUT2D eigenvalue weighted by atomic mass is 35.5. The van der Waals surface area contributed by atoms with Crippen LogP contribution < -0.4 is 9.47 Å². The van der Waals surface area contributed by atoms with Crippen LogP contribution >= 0.6 is 11.6 Å². The molecule has 10 heteroatoms. The maximum Gasteiger partial charge on any atom is 0.313 e. The van der Waals surface area contributed by atoms with Crippen LogP contribution in [0.15, 0.2) is 17.0 Å². The number of halogens is 1. The zero-order chi connectivity index (χ0) is 19.1. The van der Waals surface area contributed by atoms with E-state index < -0.39 is 21.4 Å². The molecule has 3 rings (SSSR count). The summed E-state index contributed by atoms with van der Waals surface area (Å²) in [5.74, 6) is -1.07. The number of carbonyl (C=O) groups is 1. The molecule has 0 saturated carbocycles. The van der Waals surface area contributed by atoms with Gasteiger partial charge in [-0.1, -0.05) is 11.6 Å². The third-order valence-electron chi connectivity index (χ3n) is 5.12. The maximum atomic E-state index is 13.2. The number of nitrogens with zero attached hydrogens (tertiary/aromatic N) is 1. The monoisotopic (exact) mass is 405 g/mol. The zero-order valence-electron chi connectivity index (χ0n) is 14.4. The van der Waals surface area contributed by atoms with Gasteiger partial charge < -0.3 is 19.3 Å². The summed E-state index contributed by atoms with van der Waals surface area (Å²) in [5.41, 5.74) is -1.23. The van der Waals surface area contributed by atoms with Crippen molar-refractivity contribution in [2.24, 2.45) is 11.3 Å². The molecular formula is C16H20ClNO7S. The average Bonchev–Trinajstić information content (AvgIpc) is 3.03. The molecule has 0 bridgehead atoms. The molecule has 0 amide bonds. The highest BCUT2D eigenvalue weighted by Gasteiger charge is 2.56. The van der Waals surface area contributed by atoms with E-state index in [-0.39, 0.29) is 47.0 Å². The number of carboxylic acids is 1. The van der Waals surface area contributed by atoms with Crippen LogP contribution in [0, 0.1) is 11.3 Å². The Bertz CT molecular complexity index is 828. The van der Waals surface area contributed by atoms with Gasteiger partial charge in [-0.05, 0) is 12.3 Å². The van der Waals surface area contributed by atoms with Crippen molar-refractivity contribution >= 4 is 27.6 Å². The number of fused-ring (bicyclic) bond motifs is 1. The quantitative estimate of drug-likeness (QED) is 0.791. The molecule has 144 valence electrons. The number of rotatable bonds is 5. The van der Waals surface area contributed by atoms with Gasteiger partial charge in [-0.3, -0.25) is 4.79 Å². The number of benzene rings is 1. The molecule has 0 spiro atoms. The second kappa shape index (κ2) is 6.88. The predicted molar refractivity (Wildman–Crippen MR) is 92.3 cm³/mol. The summed E-state index contributed by atoms with van der Waals surface area (Å²) < 4.78 is 43.3. The number of hydrogen-bond acceptors (Lipinski definition) is 6. The van der Waals surface area contributed by atoms with Crippen LogP contribution in [0.5, 0.6) is 11.5 Å². The molecule has 0 radical (unpaired) electrons. The molecule has 2 atom stereocenters. The second-order valence-electron chi connectivity index (χ2n) is 6.43. The molecule has 1 N–H and O–H groups in total. The number of aliphatic carboxylic acids is 1. The SMILES string of the molecule is COc1cc(S(=O)(=O)N2C[C@@H]3CCOC[C@]3(C(=O)O)C2)c(OC)cc1Cl. The fraction of sp³-hybridized carbons (Fsp3) is 0.562. The summed E-state index contributed by atoms with van der Waals surface area (Å²) in [4.78, 5) is 11.8. The lowest BCUT2D eigenvalue weighted by molar-refractivity contribution is -0.159. The second-order valence-corrected chi connectivity index (χ2v) is 8.75. The summed E-state index contributed by atoms with van der Waals surface area (Å²) in [6.45, 7) is 0.390. The molecule has 2 fully saturated rings. The van der Waals surface area contributed by atoms with E-state index in [9.17, 15) is 18.3 Å². The topological polar surface area (TPSA) is 102 Å². The minimum Gasteiger partial charge on any atom is -0.495 e. The fourth-order valence-electron chi connectivity index (χ4n) is 3.60. The summed E-state index contributed by atoms with van der Waals surface area (Å²) in [6, 6.07) is 2.66. The van der Waals surface area contributed by atoms with Crippen LogP contribution in [0.3, 0.4) is 0 Å². The number of methoxy groups -OCH3 is 2. The third kappa shape index (κ3) is 2.92. The molecule has 2 aliphatic heterocycles. The van der Waals surface area contributed by atoms with Crippen molar-refractivity contribution in [2.75, 3.05) is 40.5 Å². The molecule has 0 aromatic heterocycles. The highest BCUT2D eigenvalue weighted by Crippen LogP contribution is 2.45. The van der Waals surface area contributed by atoms with E-state index in [1.165, 1.54) is 30.7 Å². The van der Waals surface area contributed by atoms with E-state index in [4.69, 9.17) is 25.8 Å². The molecule has 26 heavy (non-hydrogen) atoms. The van der Waals surface area contributed by atoms with Crippen LogP contribution in [0.2, 0.25) is 5.02 Å². The van der Waals surface area contributed by atoms with Gasteiger partial charge in [-0.15, -0.1) is 0 Å². The fourth-order valence-corrected chi connectivity index (χ4v) is 5.54. The van der Waals surface area contributed by atoms with Crippen LogP contribution in [0.25, 0.3) is 0 Å². The Morgan fingerprint density at radius 1 is 1.35 bits per heavy atom. The average molecular weight is 406 g/mol. The van der Waals surface area contributed by atoms with E-state index in [1.54, 1.807) is 0 Å². The van der Waals surface area contributed by atoms with Crippen LogP contribution in [0.4, 0.5) is 0 Å². The van der Waals surface area contributed by atoms with Crippen LogP contribution in [-0.2, 0) is 19.6 Å². The Balaban J connectivity index is 2.03. The van der Waals surface area contributed by atoms with E-state index >= 15 is 0 Å². The van der Waals surface area contributed by atoms with Crippen molar-refractivity contribution in [3.8, 4) is 11.5 Å². The summed E-state index contributed by atoms with van der Waals surface area (Å²) in [6.07, 6.45) is 0.499. The van der Waals surface area contributed by atoms with E-state index in [1.807, 2.05) is 0 Å². The largest absolute Gasteiger partial charge is 0.495 e. The normalized spacial score (nSPS) is 26.3. The summed E-state index contributed by atoms with van der Waals surface area (Å²) in [7, 11) is -1.29. The summed E-state index contributed by atoms with van der Waals surface area (Å²) >= 11 is 6.05. The highest BCUT2D eigenvalue weighted by molar-refractivity contribution is 7.89. The Morgan fingerprint density at radius 2 is 2.04 bits per heavy atom. The van der Waals surface area contributed by atoms with Gasteiger partial charge in [0.05, 0.1) is 25.8 Å². The van der Waals surface area contributed by atoms with Gasteiger partial charge in [0.15, 0.2) is 0 Å². The van der Waals surface area contributed by atoms with Crippen molar-refractivity contribution in [1.29, 1.82) is 0 Å². The molecule has 8 nitrogen and oxygen atoms in total. The first kappa shape index (κ1) is 19.2. The Labute approximate surface area is 156 Å². The maximum absolute atomic E-state index is 13.2. The molecule has 0 unspecified atom stereocenters. The third-order valence-corrected chi connectivity index (χ3v) is 7.24.